The molecule has 1 amide bonds. The first-order valence-electron chi connectivity index (χ1n) is 9.68. The Morgan fingerprint density at radius 3 is 2.63 bits per heavy atom. The molecule has 4 rings (SSSR count). The molecule has 156 valence electrons. The molecule has 30 heavy (non-hydrogen) atoms. The highest BCUT2D eigenvalue weighted by atomic mass is 35.5. The molecule has 1 aliphatic rings. The Bertz CT molecular complexity index is 1030. The minimum atomic E-state index is -0.133. The lowest BCUT2D eigenvalue weighted by Gasteiger charge is -2.21. The van der Waals surface area contributed by atoms with Gasteiger partial charge in [-0.2, -0.15) is 0 Å². The molecule has 2 aromatic carbocycles. The standard InChI is InChI=1S/C22H22ClN3O4/c1-14-3-10-18(19(11-14)28-2)29-13-21(27)26(17-8-9-17)12-20-24-25-22(30-20)15-4-6-16(23)7-5-15/h3-7,10-11,17H,8-9,12-13H2,1-2H3. The fourth-order valence-electron chi connectivity index (χ4n) is 3.10. The molecule has 1 heterocycles. The molecule has 1 fully saturated rings. The van der Waals surface area contributed by atoms with E-state index >= 15 is 0 Å². The van der Waals surface area contributed by atoms with Crippen LogP contribution in [0.2, 0.25) is 5.02 Å². The molecule has 3 aromatic rings. The number of amides is 1. The lowest BCUT2D eigenvalue weighted by atomic mass is 10.2. The van der Waals surface area contributed by atoms with Gasteiger partial charge in [0.05, 0.1) is 13.7 Å². The van der Waals surface area contributed by atoms with Gasteiger partial charge < -0.3 is 18.8 Å². The van der Waals surface area contributed by atoms with E-state index in [1.54, 1.807) is 30.2 Å². The van der Waals surface area contributed by atoms with Crippen molar-refractivity contribution in [1.29, 1.82) is 0 Å². The number of carbonyl (C=O) groups excluding carboxylic acids is 1. The van der Waals surface area contributed by atoms with Crippen LogP contribution >= 0.6 is 11.6 Å². The molecular formula is C22H22ClN3O4. The van der Waals surface area contributed by atoms with Crippen LogP contribution in [0.1, 0.15) is 24.3 Å². The maximum absolute atomic E-state index is 12.8. The average Bonchev–Trinajstić information content (AvgIpc) is 3.49. The third-order valence-corrected chi connectivity index (χ3v) is 5.09. The molecule has 0 aliphatic heterocycles. The van der Waals surface area contributed by atoms with E-state index in [9.17, 15) is 4.79 Å². The molecule has 8 heteroatoms. The second-order valence-electron chi connectivity index (χ2n) is 7.20. The van der Waals surface area contributed by atoms with E-state index < -0.39 is 0 Å². The van der Waals surface area contributed by atoms with Crippen molar-refractivity contribution in [3.63, 3.8) is 0 Å². The van der Waals surface area contributed by atoms with Crippen molar-refractivity contribution in [2.75, 3.05) is 13.7 Å². The van der Waals surface area contributed by atoms with Gasteiger partial charge in [0.2, 0.25) is 11.8 Å². The van der Waals surface area contributed by atoms with Crippen LogP contribution in [0.3, 0.4) is 0 Å². The van der Waals surface area contributed by atoms with Crippen molar-refractivity contribution < 1.29 is 18.7 Å². The summed E-state index contributed by atoms with van der Waals surface area (Å²) in [6.45, 7) is 2.13. The zero-order valence-corrected chi connectivity index (χ0v) is 17.6. The summed E-state index contributed by atoms with van der Waals surface area (Å²) in [5.41, 5.74) is 1.83. The number of carbonyl (C=O) groups is 1. The van der Waals surface area contributed by atoms with Crippen molar-refractivity contribution in [2.24, 2.45) is 0 Å². The quantitative estimate of drug-likeness (QED) is 0.534. The van der Waals surface area contributed by atoms with Crippen molar-refractivity contribution in [3.8, 4) is 23.0 Å². The number of nitrogens with zero attached hydrogens (tertiary/aromatic N) is 3. The van der Waals surface area contributed by atoms with Gasteiger partial charge in [-0.25, -0.2) is 0 Å². The minimum absolute atomic E-state index is 0.0892. The predicted molar refractivity (Wildman–Crippen MR) is 112 cm³/mol. The number of aromatic nitrogens is 2. The summed E-state index contributed by atoms with van der Waals surface area (Å²) in [6, 6.07) is 12.9. The molecule has 0 saturated heterocycles. The van der Waals surface area contributed by atoms with Crippen LogP contribution in [-0.2, 0) is 11.3 Å². The van der Waals surface area contributed by atoms with Crippen molar-refractivity contribution in [1.82, 2.24) is 15.1 Å². The smallest absolute Gasteiger partial charge is 0.261 e. The lowest BCUT2D eigenvalue weighted by molar-refractivity contribution is -0.135. The minimum Gasteiger partial charge on any atom is -0.493 e. The zero-order valence-electron chi connectivity index (χ0n) is 16.8. The maximum atomic E-state index is 12.8. The largest absolute Gasteiger partial charge is 0.493 e. The van der Waals surface area contributed by atoms with Crippen LogP contribution < -0.4 is 9.47 Å². The molecule has 0 unspecified atom stereocenters. The Hall–Kier alpha value is -3.06. The van der Waals surface area contributed by atoms with Gasteiger partial charge in [-0.05, 0) is 61.7 Å². The van der Waals surface area contributed by atoms with E-state index in [2.05, 4.69) is 10.2 Å². The highest BCUT2D eigenvalue weighted by molar-refractivity contribution is 6.30. The summed E-state index contributed by atoms with van der Waals surface area (Å²) >= 11 is 5.92. The zero-order chi connectivity index (χ0) is 21.1. The van der Waals surface area contributed by atoms with E-state index in [0.717, 1.165) is 24.0 Å². The second-order valence-corrected chi connectivity index (χ2v) is 7.64. The van der Waals surface area contributed by atoms with Gasteiger partial charge in [0.1, 0.15) is 0 Å². The van der Waals surface area contributed by atoms with Gasteiger partial charge >= 0.3 is 0 Å². The summed E-state index contributed by atoms with van der Waals surface area (Å²) in [5, 5.41) is 8.82. The van der Waals surface area contributed by atoms with E-state index in [-0.39, 0.29) is 25.1 Å². The molecule has 0 spiro atoms. The Morgan fingerprint density at radius 1 is 1.17 bits per heavy atom. The monoisotopic (exact) mass is 427 g/mol. The Morgan fingerprint density at radius 2 is 1.93 bits per heavy atom. The van der Waals surface area contributed by atoms with Crippen LogP contribution in [0.4, 0.5) is 0 Å². The van der Waals surface area contributed by atoms with Gasteiger partial charge in [0.15, 0.2) is 18.1 Å². The molecular weight excluding hydrogens is 406 g/mol. The van der Waals surface area contributed by atoms with Gasteiger partial charge in [-0.15, -0.1) is 10.2 Å². The number of ether oxygens (including phenoxy) is 2. The van der Waals surface area contributed by atoms with Gasteiger partial charge in [-0.3, -0.25) is 4.79 Å². The van der Waals surface area contributed by atoms with Crippen LogP contribution in [0, 0.1) is 6.92 Å². The molecule has 1 aliphatic carbocycles. The first-order valence-corrected chi connectivity index (χ1v) is 10.1. The summed E-state index contributed by atoms with van der Waals surface area (Å²) < 4.78 is 16.8. The summed E-state index contributed by atoms with van der Waals surface area (Å²) in [4.78, 5) is 14.6. The topological polar surface area (TPSA) is 77.7 Å². The SMILES string of the molecule is COc1cc(C)ccc1OCC(=O)N(Cc1nnc(-c2ccc(Cl)cc2)o1)C1CC1. The van der Waals surface area contributed by atoms with Crippen molar-refractivity contribution >= 4 is 17.5 Å². The number of hydrogen-bond acceptors (Lipinski definition) is 6. The third kappa shape index (κ3) is 4.74. The average molecular weight is 428 g/mol. The predicted octanol–water partition coefficient (Wildman–Crippen LogP) is 4.28. The van der Waals surface area contributed by atoms with Crippen LogP contribution in [0.15, 0.2) is 46.9 Å². The van der Waals surface area contributed by atoms with Gasteiger partial charge in [0.25, 0.3) is 5.91 Å². The van der Waals surface area contributed by atoms with Gasteiger partial charge in [0, 0.05) is 16.6 Å². The molecule has 0 atom stereocenters. The van der Waals surface area contributed by atoms with Crippen molar-refractivity contribution in [2.45, 2.75) is 32.4 Å². The molecule has 1 aromatic heterocycles. The number of hydrogen-bond donors (Lipinski definition) is 0. The summed E-state index contributed by atoms with van der Waals surface area (Å²) in [6.07, 6.45) is 1.91. The molecule has 0 bridgehead atoms. The molecule has 0 N–H and O–H groups in total. The van der Waals surface area contributed by atoms with E-state index in [1.165, 1.54) is 0 Å². The normalized spacial score (nSPS) is 13.2. The maximum Gasteiger partial charge on any atom is 0.261 e. The Kier molecular flexibility index (Phi) is 5.90. The number of halogens is 1. The Balaban J connectivity index is 1.42. The van der Waals surface area contributed by atoms with Crippen LogP contribution in [0.5, 0.6) is 11.5 Å². The highest BCUT2D eigenvalue weighted by Gasteiger charge is 2.34. The van der Waals surface area contributed by atoms with E-state index in [0.29, 0.717) is 28.3 Å². The molecule has 0 radical (unpaired) electrons. The lowest BCUT2D eigenvalue weighted by Crippen LogP contribution is -2.36. The third-order valence-electron chi connectivity index (χ3n) is 4.84. The number of methoxy groups -OCH3 is 1. The fourth-order valence-corrected chi connectivity index (χ4v) is 3.22. The molecule has 1 saturated carbocycles. The number of benzene rings is 2. The van der Waals surface area contributed by atoms with Crippen molar-refractivity contribution in [3.05, 3.63) is 58.9 Å². The summed E-state index contributed by atoms with van der Waals surface area (Å²) in [7, 11) is 1.58. The summed E-state index contributed by atoms with van der Waals surface area (Å²) in [5.74, 6) is 1.78. The van der Waals surface area contributed by atoms with Crippen LogP contribution in [0.25, 0.3) is 11.5 Å². The molecule has 7 nitrogen and oxygen atoms in total. The van der Waals surface area contributed by atoms with Crippen LogP contribution in [-0.4, -0.2) is 40.8 Å². The van der Waals surface area contributed by atoms with E-state index in [1.807, 2.05) is 31.2 Å². The highest BCUT2D eigenvalue weighted by Crippen LogP contribution is 2.31. The van der Waals surface area contributed by atoms with Gasteiger partial charge in [-0.1, -0.05) is 17.7 Å². The number of aryl methyl sites for hydroxylation is 1. The van der Waals surface area contributed by atoms with E-state index in [4.69, 9.17) is 25.5 Å². The first kappa shape index (κ1) is 20.2. The fraction of sp³-hybridized carbons (Fsp3) is 0.318. The first-order chi connectivity index (χ1) is 14.5. The Labute approximate surface area is 179 Å². The second kappa shape index (κ2) is 8.75. The number of rotatable bonds is 8.